The van der Waals surface area contributed by atoms with Crippen molar-refractivity contribution in [3.05, 3.63) is 70.7 Å². The molecule has 0 unspecified atom stereocenters. The minimum Gasteiger partial charge on any atom is -0.490 e. The van der Waals surface area contributed by atoms with Gasteiger partial charge in [-0.05, 0) is 72.1 Å². The summed E-state index contributed by atoms with van der Waals surface area (Å²) in [6, 6.07) is 18.8. The Balaban J connectivity index is 1.89. The Labute approximate surface area is 191 Å². The second kappa shape index (κ2) is 10.9. The molecule has 0 heterocycles. The molecule has 0 saturated heterocycles. The summed E-state index contributed by atoms with van der Waals surface area (Å²) in [6.45, 7) is 6.92. The van der Waals surface area contributed by atoms with Gasteiger partial charge in [0.15, 0.2) is 11.5 Å². The number of ether oxygens (including phenoxy) is 4. The van der Waals surface area contributed by atoms with Crippen LogP contribution in [0.5, 0.6) is 23.0 Å². The number of halogens is 1. The van der Waals surface area contributed by atoms with Gasteiger partial charge < -0.3 is 18.9 Å². The lowest BCUT2D eigenvalue weighted by Crippen LogP contribution is -2.11. The van der Waals surface area contributed by atoms with Crippen LogP contribution in [0.15, 0.2) is 65.1 Å². The van der Waals surface area contributed by atoms with Crippen molar-refractivity contribution in [2.45, 2.75) is 20.8 Å². The van der Waals surface area contributed by atoms with Crippen molar-refractivity contribution in [1.29, 1.82) is 0 Å². The monoisotopic (exact) mass is 484 g/mol. The van der Waals surface area contributed by atoms with Gasteiger partial charge in [-0.15, -0.1) is 0 Å². The van der Waals surface area contributed by atoms with Crippen molar-refractivity contribution in [2.75, 3.05) is 19.8 Å². The molecule has 0 radical (unpaired) electrons. The van der Waals surface area contributed by atoms with Crippen LogP contribution in [0.2, 0.25) is 0 Å². The Morgan fingerprint density at radius 2 is 1.35 bits per heavy atom. The first-order chi connectivity index (χ1) is 15.1. The average Bonchev–Trinajstić information content (AvgIpc) is 2.78. The molecule has 6 heteroatoms. The standard InChI is InChI=1S/C25H25BrO5/c1-4-28-22-15-19(16-23(29-5-2)24(22)30-6-3)25(27)31-21-13-12-18(14-20(21)26)17-10-8-7-9-11-17/h7-16H,4-6H2,1-3H3. The molecule has 0 saturated carbocycles. The molecule has 31 heavy (non-hydrogen) atoms. The summed E-state index contributed by atoms with van der Waals surface area (Å²) in [7, 11) is 0. The Morgan fingerprint density at radius 1 is 0.742 bits per heavy atom. The first-order valence-corrected chi connectivity index (χ1v) is 11.0. The molecule has 0 aliphatic heterocycles. The number of rotatable bonds is 9. The van der Waals surface area contributed by atoms with Gasteiger partial charge in [-0.2, -0.15) is 0 Å². The van der Waals surface area contributed by atoms with Crippen LogP contribution in [0.25, 0.3) is 11.1 Å². The van der Waals surface area contributed by atoms with E-state index in [0.29, 0.717) is 52.9 Å². The molecule has 0 atom stereocenters. The van der Waals surface area contributed by atoms with Crippen molar-refractivity contribution in [3.63, 3.8) is 0 Å². The van der Waals surface area contributed by atoms with Gasteiger partial charge in [0.25, 0.3) is 0 Å². The van der Waals surface area contributed by atoms with Crippen molar-refractivity contribution in [3.8, 4) is 34.1 Å². The summed E-state index contributed by atoms with van der Waals surface area (Å²) in [5.74, 6) is 1.28. The van der Waals surface area contributed by atoms with Crippen molar-refractivity contribution in [2.24, 2.45) is 0 Å². The Kier molecular flexibility index (Phi) is 7.95. The summed E-state index contributed by atoms with van der Waals surface area (Å²) < 4.78 is 23.4. The Hall–Kier alpha value is -2.99. The van der Waals surface area contributed by atoms with Crippen molar-refractivity contribution in [1.82, 2.24) is 0 Å². The van der Waals surface area contributed by atoms with Gasteiger partial charge in [0.2, 0.25) is 5.75 Å². The summed E-state index contributed by atoms with van der Waals surface area (Å²) in [4.78, 5) is 12.9. The second-order valence-electron chi connectivity index (χ2n) is 6.50. The minimum absolute atomic E-state index is 0.314. The van der Waals surface area contributed by atoms with Crippen LogP contribution in [0.3, 0.4) is 0 Å². The van der Waals surface area contributed by atoms with Gasteiger partial charge in [-0.3, -0.25) is 0 Å². The largest absolute Gasteiger partial charge is 0.490 e. The quantitative estimate of drug-likeness (QED) is 0.255. The molecule has 0 bridgehead atoms. The van der Waals surface area contributed by atoms with E-state index in [1.165, 1.54) is 0 Å². The second-order valence-corrected chi connectivity index (χ2v) is 7.36. The lowest BCUT2D eigenvalue weighted by Gasteiger charge is -2.17. The number of hydrogen-bond acceptors (Lipinski definition) is 5. The maximum Gasteiger partial charge on any atom is 0.343 e. The van der Waals surface area contributed by atoms with E-state index in [-0.39, 0.29) is 0 Å². The molecule has 0 fully saturated rings. The number of carbonyl (C=O) groups excluding carboxylic acids is 1. The highest BCUT2D eigenvalue weighted by Gasteiger charge is 2.20. The smallest absolute Gasteiger partial charge is 0.343 e. The van der Waals surface area contributed by atoms with E-state index in [0.717, 1.165) is 11.1 Å². The topological polar surface area (TPSA) is 54.0 Å². The molecule has 3 aromatic rings. The Bertz CT molecular complexity index is 1010. The lowest BCUT2D eigenvalue weighted by molar-refractivity contribution is 0.0732. The SMILES string of the molecule is CCOc1cc(C(=O)Oc2ccc(-c3ccccc3)cc2Br)cc(OCC)c1OCC. The maximum atomic E-state index is 12.9. The highest BCUT2D eigenvalue weighted by molar-refractivity contribution is 9.10. The average molecular weight is 485 g/mol. The lowest BCUT2D eigenvalue weighted by atomic mass is 10.1. The predicted molar refractivity (Wildman–Crippen MR) is 124 cm³/mol. The molecule has 0 spiro atoms. The van der Waals surface area contributed by atoms with E-state index in [2.05, 4.69) is 15.9 Å². The normalized spacial score (nSPS) is 10.5. The third-order valence-electron chi connectivity index (χ3n) is 4.39. The number of benzene rings is 3. The van der Waals surface area contributed by atoms with E-state index in [1.807, 2.05) is 63.2 Å². The van der Waals surface area contributed by atoms with Gasteiger partial charge >= 0.3 is 5.97 Å². The zero-order valence-electron chi connectivity index (χ0n) is 17.8. The molecule has 0 aromatic heterocycles. The molecular weight excluding hydrogens is 460 g/mol. The third kappa shape index (κ3) is 5.58. The molecule has 0 amide bonds. The molecule has 3 rings (SSSR count). The first-order valence-electron chi connectivity index (χ1n) is 10.2. The summed E-state index contributed by atoms with van der Waals surface area (Å²) in [5, 5.41) is 0. The van der Waals surface area contributed by atoms with Gasteiger partial charge in [0.05, 0.1) is 29.9 Å². The van der Waals surface area contributed by atoms with E-state index < -0.39 is 5.97 Å². The Morgan fingerprint density at radius 3 is 1.90 bits per heavy atom. The van der Waals surface area contributed by atoms with Crippen LogP contribution in [-0.2, 0) is 0 Å². The maximum absolute atomic E-state index is 12.9. The fourth-order valence-electron chi connectivity index (χ4n) is 3.06. The van der Waals surface area contributed by atoms with Crippen LogP contribution in [0, 0.1) is 0 Å². The zero-order chi connectivity index (χ0) is 22.2. The number of esters is 1. The van der Waals surface area contributed by atoms with E-state index >= 15 is 0 Å². The summed E-state index contributed by atoms with van der Waals surface area (Å²) >= 11 is 3.51. The molecule has 0 N–H and O–H groups in total. The van der Waals surface area contributed by atoms with E-state index in [1.54, 1.807) is 18.2 Å². The fourth-order valence-corrected chi connectivity index (χ4v) is 3.52. The van der Waals surface area contributed by atoms with Crippen LogP contribution in [0.1, 0.15) is 31.1 Å². The molecule has 0 aliphatic rings. The van der Waals surface area contributed by atoms with Crippen LogP contribution >= 0.6 is 15.9 Å². The van der Waals surface area contributed by atoms with Gasteiger partial charge in [0.1, 0.15) is 5.75 Å². The third-order valence-corrected chi connectivity index (χ3v) is 5.01. The van der Waals surface area contributed by atoms with Crippen LogP contribution in [-0.4, -0.2) is 25.8 Å². The van der Waals surface area contributed by atoms with Crippen LogP contribution < -0.4 is 18.9 Å². The fraction of sp³-hybridized carbons (Fsp3) is 0.240. The highest BCUT2D eigenvalue weighted by atomic mass is 79.9. The van der Waals surface area contributed by atoms with E-state index in [4.69, 9.17) is 18.9 Å². The predicted octanol–water partition coefficient (Wildman–Crippen LogP) is 6.53. The molecule has 3 aromatic carbocycles. The molecule has 0 aliphatic carbocycles. The minimum atomic E-state index is -0.516. The zero-order valence-corrected chi connectivity index (χ0v) is 19.4. The molecule has 5 nitrogen and oxygen atoms in total. The summed E-state index contributed by atoms with van der Waals surface area (Å²) in [5.41, 5.74) is 2.41. The number of hydrogen-bond donors (Lipinski definition) is 0. The molecule has 162 valence electrons. The highest BCUT2D eigenvalue weighted by Crippen LogP contribution is 2.40. The van der Waals surface area contributed by atoms with Crippen LogP contribution in [0.4, 0.5) is 0 Å². The van der Waals surface area contributed by atoms with Gasteiger partial charge in [0, 0.05) is 0 Å². The van der Waals surface area contributed by atoms with Gasteiger partial charge in [-0.1, -0.05) is 36.4 Å². The van der Waals surface area contributed by atoms with Gasteiger partial charge in [-0.25, -0.2) is 4.79 Å². The van der Waals surface area contributed by atoms with E-state index in [9.17, 15) is 4.79 Å². The first kappa shape index (κ1) is 22.7. The summed E-state index contributed by atoms with van der Waals surface area (Å²) in [6.07, 6.45) is 0. The van der Waals surface area contributed by atoms with Crippen molar-refractivity contribution < 1.29 is 23.7 Å². The van der Waals surface area contributed by atoms with Crippen molar-refractivity contribution >= 4 is 21.9 Å². The number of carbonyl (C=O) groups is 1. The molecular formula is C25H25BrO5.